The van der Waals surface area contributed by atoms with E-state index < -0.39 is 34.1 Å². The zero-order valence-corrected chi connectivity index (χ0v) is 26.6. The first-order chi connectivity index (χ1) is 22.6. The maximum absolute atomic E-state index is 11.7. The summed E-state index contributed by atoms with van der Waals surface area (Å²) in [6, 6.07) is 10.4. The number of aromatic nitrogens is 6. The van der Waals surface area contributed by atoms with Crippen LogP contribution >= 0.6 is 0 Å². The molecule has 22 heteroatoms. The Morgan fingerprint density at radius 3 is 1.96 bits per heavy atom. The molecule has 2 N–H and O–H groups in total. The number of halogens is 6. The molecule has 0 aliphatic carbocycles. The van der Waals surface area contributed by atoms with Crippen molar-refractivity contribution in [2.45, 2.75) is 30.7 Å². The van der Waals surface area contributed by atoms with Gasteiger partial charge in [-0.05, 0) is 55.9 Å². The SMILES string of the molecule is Cc1nc(-c2nc(-c3ccc(S(C)(=O)=O)cc3)no2)nn1Cc1ccnc(N2CCN(C)CC2)c1.O=C(O)C(F)(F)F.O=C(O)C(F)(F)F. The van der Waals surface area contributed by atoms with Gasteiger partial charge in [-0.15, -0.1) is 5.10 Å². The second kappa shape index (κ2) is 15.4. The number of carbonyl (C=O) groups is 2. The van der Waals surface area contributed by atoms with Crippen LogP contribution < -0.4 is 4.90 Å². The van der Waals surface area contributed by atoms with Gasteiger partial charge in [0.15, 0.2) is 9.84 Å². The molecule has 15 nitrogen and oxygen atoms in total. The Kier molecular flexibility index (Phi) is 12.0. The molecule has 0 atom stereocenters. The van der Waals surface area contributed by atoms with Crippen LogP contribution in [-0.4, -0.2) is 117 Å². The number of hydrogen-bond donors (Lipinski definition) is 2. The average Bonchev–Trinajstić information content (AvgIpc) is 3.64. The normalized spacial score (nSPS) is 13.9. The summed E-state index contributed by atoms with van der Waals surface area (Å²) in [5, 5.41) is 22.8. The molecule has 0 unspecified atom stereocenters. The van der Waals surface area contributed by atoms with Gasteiger partial charge in [-0.25, -0.2) is 32.7 Å². The maximum Gasteiger partial charge on any atom is 0.490 e. The third-order valence-corrected chi connectivity index (χ3v) is 7.60. The molecular weight excluding hydrogens is 694 g/mol. The number of nitrogens with zero attached hydrogens (tertiary/aromatic N) is 8. The molecule has 4 heterocycles. The monoisotopic (exact) mass is 722 g/mol. The number of alkyl halides is 6. The second-order valence-electron chi connectivity index (χ2n) is 10.3. The van der Waals surface area contributed by atoms with E-state index in [4.69, 9.17) is 24.3 Å². The summed E-state index contributed by atoms with van der Waals surface area (Å²) in [6.07, 6.45) is -7.17. The van der Waals surface area contributed by atoms with E-state index in [2.05, 4.69) is 48.1 Å². The van der Waals surface area contributed by atoms with E-state index in [1.54, 1.807) is 16.8 Å². The number of rotatable bonds is 6. The van der Waals surface area contributed by atoms with Crippen LogP contribution in [0.15, 0.2) is 52.0 Å². The zero-order valence-electron chi connectivity index (χ0n) is 25.8. The minimum atomic E-state index is -5.08. The Bertz CT molecular complexity index is 1830. The van der Waals surface area contributed by atoms with E-state index in [0.29, 0.717) is 23.8 Å². The van der Waals surface area contributed by atoms with E-state index in [9.17, 15) is 34.8 Å². The van der Waals surface area contributed by atoms with Crippen LogP contribution in [0.2, 0.25) is 0 Å². The van der Waals surface area contributed by atoms with Crippen molar-refractivity contribution in [2.24, 2.45) is 0 Å². The Balaban J connectivity index is 0.000000392. The van der Waals surface area contributed by atoms with Gasteiger partial charge in [0.1, 0.15) is 11.6 Å². The van der Waals surface area contributed by atoms with Crippen LogP contribution in [0.5, 0.6) is 0 Å². The first-order valence-electron chi connectivity index (χ1n) is 13.7. The lowest BCUT2D eigenvalue weighted by molar-refractivity contribution is -0.193. The third kappa shape index (κ3) is 11.2. The number of benzene rings is 1. The lowest BCUT2D eigenvalue weighted by Crippen LogP contribution is -2.44. The number of likely N-dealkylation sites (N-methyl/N-ethyl adjacent to an activating group) is 1. The summed E-state index contributed by atoms with van der Waals surface area (Å²) >= 11 is 0. The molecule has 5 rings (SSSR count). The van der Waals surface area contributed by atoms with Crippen molar-refractivity contribution in [3.05, 3.63) is 54.0 Å². The Morgan fingerprint density at radius 2 is 1.45 bits per heavy atom. The highest BCUT2D eigenvalue weighted by Crippen LogP contribution is 2.23. The summed E-state index contributed by atoms with van der Waals surface area (Å²) in [6.45, 7) is 6.36. The van der Waals surface area contributed by atoms with Gasteiger partial charge in [0.2, 0.25) is 11.6 Å². The van der Waals surface area contributed by atoms with Crippen molar-refractivity contribution in [3.63, 3.8) is 0 Å². The van der Waals surface area contributed by atoms with Crippen molar-refractivity contribution < 1.29 is 59.1 Å². The van der Waals surface area contributed by atoms with Crippen molar-refractivity contribution in [1.82, 2.24) is 34.8 Å². The Morgan fingerprint density at radius 1 is 0.898 bits per heavy atom. The number of aliphatic carboxylic acids is 2. The molecule has 4 aromatic rings. The molecule has 1 aliphatic heterocycles. The van der Waals surface area contributed by atoms with E-state index in [1.807, 2.05) is 19.2 Å². The molecule has 0 spiro atoms. The van der Waals surface area contributed by atoms with Gasteiger partial charge in [0.25, 0.3) is 5.89 Å². The van der Waals surface area contributed by atoms with Crippen molar-refractivity contribution in [3.8, 4) is 23.1 Å². The summed E-state index contributed by atoms with van der Waals surface area (Å²) in [4.78, 5) is 36.1. The topological polar surface area (TPSA) is 198 Å². The van der Waals surface area contributed by atoms with E-state index in [1.165, 1.54) is 12.1 Å². The fourth-order valence-corrected chi connectivity index (χ4v) is 4.51. The molecule has 3 aromatic heterocycles. The molecular formula is C27H28F6N8O7S. The molecule has 1 aliphatic rings. The molecule has 49 heavy (non-hydrogen) atoms. The molecule has 0 saturated carbocycles. The molecule has 0 radical (unpaired) electrons. The van der Waals surface area contributed by atoms with Gasteiger partial charge < -0.3 is 24.5 Å². The fourth-order valence-electron chi connectivity index (χ4n) is 3.88. The summed E-state index contributed by atoms with van der Waals surface area (Å²) in [5.41, 5.74) is 1.71. The maximum atomic E-state index is 11.7. The van der Waals surface area contributed by atoms with Crippen LogP contribution in [-0.2, 0) is 26.0 Å². The van der Waals surface area contributed by atoms with Gasteiger partial charge in [0, 0.05) is 44.2 Å². The lowest BCUT2D eigenvalue weighted by Gasteiger charge is -2.33. The van der Waals surface area contributed by atoms with E-state index in [-0.39, 0.29) is 10.8 Å². The van der Waals surface area contributed by atoms with E-state index in [0.717, 1.165) is 49.6 Å². The minimum absolute atomic E-state index is 0.196. The smallest absolute Gasteiger partial charge is 0.475 e. The number of carboxylic acids is 2. The number of pyridine rings is 1. The first-order valence-corrected chi connectivity index (χ1v) is 15.6. The minimum Gasteiger partial charge on any atom is -0.475 e. The summed E-state index contributed by atoms with van der Waals surface area (Å²) in [7, 11) is -1.14. The lowest BCUT2D eigenvalue weighted by atomic mass is 10.2. The summed E-state index contributed by atoms with van der Waals surface area (Å²) < 4.78 is 94.0. The van der Waals surface area contributed by atoms with Gasteiger partial charge in [-0.2, -0.15) is 31.3 Å². The van der Waals surface area contributed by atoms with Crippen LogP contribution in [0.1, 0.15) is 11.4 Å². The largest absolute Gasteiger partial charge is 0.490 e. The standard InChI is InChI=1S/C23H26N8O3S.2C2HF3O2/c1-16-25-22(23-26-21(28-34-23)18-4-6-19(7-5-18)35(3,32)33)27-31(16)15-17-8-9-24-20(14-17)30-12-10-29(2)11-13-30;2*3-2(4,5)1(6)7/h4-9,14H,10-13,15H2,1-3H3;2*(H,6,7). The number of sulfone groups is 1. The van der Waals surface area contributed by atoms with E-state index >= 15 is 0 Å². The molecule has 1 fully saturated rings. The van der Waals surface area contributed by atoms with Crippen LogP contribution in [0.3, 0.4) is 0 Å². The quantitative estimate of drug-likeness (QED) is 0.275. The van der Waals surface area contributed by atoms with Gasteiger partial charge in [0.05, 0.1) is 11.4 Å². The molecule has 0 amide bonds. The van der Waals surface area contributed by atoms with Gasteiger partial charge in [-0.3, -0.25) is 0 Å². The Hall–Kier alpha value is -5.12. The van der Waals surface area contributed by atoms with Crippen molar-refractivity contribution >= 4 is 27.6 Å². The highest BCUT2D eigenvalue weighted by Gasteiger charge is 2.38. The number of aryl methyl sites for hydroxylation is 1. The fraction of sp³-hybridized carbons (Fsp3) is 0.370. The number of hydrogen-bond acceptors (Lipinski definition) is 12. The van der Waals surface area contributed by atoms with Crippen LogP contribution in [0.4, 0.5) is 32.2 Å². The number of anilines is 1. The molecule has 1 aromatic carbocycles. The molecule has 1 saturated heterocycles. The third-order valence-electron chi connectivity index (χ3n) is 6.47. The van der Waals surface area contributed by atoms with Crippen LogP contribution in [0.25, 0.3) is 23.1 Å². The predicted octanol–water partition coefficient (Wildman–Crippen LogP) is 3.17. The highest BCUT2D eigenvalue weighted by atomic mass is 32.2. The van der Waals surface area contributed by atoms with Crippen molar-refractivity contribution in [1.29, 1.82) is 0 Å². The Labute approximate surface area is 273 Å². The zero-order chi connectivity index (χ0) is 36.7. The average molecular weight is 723 g/mol. The number of piperazine rings is 1. The predicted molar refractivity (Wildman–Crippen MR) is 157 cm³/mol. The first kappa shape index (κ1) is 38.3. The van der Waals surface area contributed by atoms with Crippen molar-refractivity contribution in [2.75, 3.05) is 44.4 Å². The summed E-state index contributed by atoms with van der Waals surface area (Å²) in [5.74, 6) is -2.96. The van der Waals surface area contributed by atoms with Gasteiger partial charge in [-0.1, -0.05) is 5.16 Å². The molecule has 266 valence electrons. The van der Waals surface area contributed by atoms with Crippen LogP contribution in [0, 0.1) is 6.92 Å². The van der Waals surface area contributed by atoms with Gasteiger partial charge >= 0.3 is 24.3 Å². The number of carboxylic acid groups (broad SMARTS) is 2. The second-order valence-corrected chi connectivity index (χ2v) is 12.3. The highest BCUT2D eigenvalue weighted by molar-refractivity contribution is 7.90. The molecule has 0 bridgehead atoms.